The molecule has 3 nitrogen and oxygen atoms in total. The first kappa shape index (κ1) is 11.0. The Morgan fingerprint density at radius 2 is 2.15 bits per heavy atom. The van der Waals surface area contributed by atoms with Crippen LogP contribution < -0.4 is 0 Å². The Morgan fingerprint density at radius 3 is 2.69 bits per heavy atom. The van der Waals surface area contributed by atoms with Crippen molar-refractivity contribution in [1.29, 1.82) is 0 Å². The van der Waals surface area contributed by atoms with E-state index in [2.05, 4.69) is 25.7 Å². The lowest BCUT2D eigenvalue weighted by Crippen LogP contribution is -2.54. The van der Waals surface area contributed by atoms with Crippen molar-refractivity contribution >= 4 is 0 Å². The van der Waals surface area contributed by atoms with E-state index < -0.39 is 0 Å². The first-order valence-electron chi connectivity index (χ1n) is 5.01. The van der Waals surface area contributed by atoms with E-state index in [1.54, 1.807) is 0 Å². The third-order valence-corrected chi connectivity index (χ3v) is 2.55. The summed E-state index contributed by atoms with van der Waals surface area (Å²) in [5, 5.41) is 8.92. The van der Waals surface area contributed by atoms with Crippen molar-refractivity contribution in [3.8, 4) is 0 Å². The Labute approximate surface area is 80.7 Å². The summed E-state index contributed by atoms with van der Waals surface area (Å²) >= 11 is 0. The SMILES string of the molecule is CC(C)(C)N1CCOCC1CCO. The number of ether oxygens (including phenoxy) is 1. The van der Waals surface area contributed by atoms with Crippen LogP contribution in [0, 0.1) is 0 Å². The molecule has 1 heterocycles. The molecule has 1 aliphatic heterocycles. The molecule has 1 atom stereocenters. The zero-order valence-corrected chi connectivity index (χ0v) is 8.92. The third kappa shape index (κ3) is 2.93. The number of hydrogen-bond acceptors (Lipinski definition) is 3. The molecular weight excluding hydrogens is 166 g/mol. The molecule has 1 fully saturated rings. The highest BCUT2D eigenvalue weighted by molar-refractivity contribution is 4.85. The van der Waals surface area contributed by atoms with Gasteiger partial charge in [0.1, 0.15) is 0 Å². The molecule has 1 aliphatic rings. The lowest BCUT2D eigenvalue weighted by atomic mass is 10.0. The Hall–Kier alpha value is -0.120. The van der Waals surface area contributed by atoms with Gasteiger partial charge in [0.15, 0.2) is 0 Å². The molecule has 1 rings (SSSR count). The Morgan fingerprint density at radius 1 is 1.46 bits per heavy atom. The molecule has 1 saturated heterocycles. The van der Waals surface area contributed by atoms with Crippen molar-refractivity contribution in [3.05, 3.63) is 0 Å². The fourth-order valence-corrected chi connectivity index (χ4v) is 1.93. The molecule has 0 aromatic heterocycles. The van der Waals surface area contributed by atoms with Crippen LogP contribution in [0.4, 0.5) is 0 Å². The van der Waals surface area contributed by atoms with Crippen molar-refractivity contribution < 1.29 is 9.84 Å². The largest absolute Gasteiger partial charge is 0.396 e. The fourth-order valence-electron chi connectivity index (χ4n) is 1.93. The molecule has 0 amide bonds. The maximum Gasteiger partial charge on any atom is 0.0623 e. The molecule has 0 aromatic rings. The van der Waals surface area contributed by atoms with E-state index in [4.69, 9.17) is 9.84 Å². The van der Waals surface area contributed by atoms with E-state index in [1.807, 2.05) is 0 Å². The molecule has 0 bridgehead atoms. The van der Waals surface area contributed by atoms with Crippen molar-refractivity contribution in [1.82, 2.24) is 4.90 Å². The number of morpholine rings is 1. The Balaban J connectivity index is 2.56. The minimum atomic E-state index is 0.184. The summed E-state index contributed by atoms with van der Waals surface area (Å²) in [4.78, 5) is 2.42. The number of rotatable bonds is 2. The molecule has 0 radical (unpaired) electrons. The van der Waals surface area contributed by atoms with E-state index in [-0.39, 0.29) is 12.1 Å². The van der Waals surface area contributed by atoms with E-state index in [1.165, 1.54) is 0 Å². The zero-order valence-electron chi connectivity index (χ0n) is 8.92. The Bertz CT molecular complexity index is 151. The van der Waals surface area contributed by atoms with Gasteiger partial charge in [-0.2, -0.15) is 0 Å². The van der Waals surface area contributed by atoms with Gasteiger partial charge in [-0.3, -0.25) is 4.90 Å². The lowest BCUT2D eigenvalue weighted by molar-refractivity contribution is -0.0555. The van der Waals surface area contributed by atoms with Crippen LogP contribution in [0.15, 0.2) is 0 Å². The molecule has 0 aromatic carbocycles. The molecule has 1 N–H and O–H groups in total. The smallest absolute Gasteiger partial charge is 0.0623 e. The van der Waals surface area contributed by atoms with E-state index in [0.29, 0.717) is 6.04 Å². The normalized spacial score (nSPS) is 26.3. The highest BCUT2D eigenvalue weighted by Crippen LogP contribution is 2.21. The fraction of sp³-hybridized carbons (Fsp3) is 1.00. The summed E-state index contributed by atoms with van der Waals surface area (Å²) in [6.07, 6.45) is 0.817. The molecule has 1 unspecified atom stereocenters. The molecule has 0 saturated carbocycles. The molecule has 13 heavy (non-hydrogen) atoms. The van der Waals surface area contributed by atoms with Crippen LogP contribution in [-0.4, -0.2) is 48.0 Å². The van der Waals surface area contributed by atoms with Crippen LogP contribution >= 0.6 is 0 Å². The third-order valence-electron chi connectivity index (χ3n) is 2.55. The van der Waals surface area contributed by atoms with Crippen molar-refractivity contribution in [2.24, 2.45) is 0 Å². The monoisotopic (exact) mass is 187 g/mol. The van der Waals surface area contributed by atoms with Crippen molar-refractivity contribution in [3.63, 3.8) is 0 Å². The number of hydrogen-bond donors (Lipinski definition) is 1. The topological polar surface area (TPSA) is 32.7 Å². The second-order valence-corrected chi connectivity index (χ2v) is 4.61. The van der Waals surface area contributed by atoms with Crippen LogP contribution in [0.3, 0.4) is 0 Å². The van der Waals surface area contributed by atoms with Crippen LogP contribution in [0.5, 0.6) is 0 Å². The maximum atomic E-state index is 8.92. The standard InChI is InChI=1S/C10H21NO2/c1-10(2,3)11-5-7-13-8-9(11)4-6-12/h9,12H,4-8H2,1-3H3. The summed E-state index contributed by atoms with van der Waals surface area (Å²) in [6, 6.07) is 0.388. The number of aliphatic hydroxyl groups is 1. The summed E-state index contributed by atoms with van der Waals surface area (Å²) < 4.78 is 5.41. The first-order valence-corrected chi connectivity index (χ1v) is 5.01. The highest BCUT2D eigenvalue weighted by atomic mass is 16.5. The average molecular weight is 187 g/mol. The van der Waals surface area contributed by atoms with Gasteiger partial charge in [-0.25, -0.2) is 0 Å². The zero-order chi connectivity index (χ0) is 9.90. The van der Waals surface area contributed by atoms with Gasteiger partial charge in [0.25, 0.3) is 0 Å². The number of nitrogens with zero attached hydrogens (tertiary/aromatic N) is 1. The number of aliphatic hydroxyl groups excluding tert-OH is 1. The van der Waals surface area contributed by atoms with E-state index in [9.17, 15) is 0 Å². The lowest BCUT2D eigenvalue weighted by Gasteiger charge is -2.44. The van der Waals surface area contributed by atoms with Gasteiger partial charge in [-0.1, -0.05) is 0 Å². The average Bonchev–Trinajstić information content (AvgIpc) is 2.04. The van der Waals surface area contributed by atoms with Crippen LogP contribution in [-0.2, 0) is 4.74 Å². The minimum Gasteiger partial charge on any atom is -0.396 e. The van der Waals surface area contributed by atoms with Gasteiger partial charge in [-0.05, 0) is 27.2 Å². The summed E-state index contributed by atoms with van der Waals surface area (Å²) in [7, 11) is 0. The first-order chi connectivity index (χ1) is 6.05. The summed E-state index contributed by atoms with van der Waals surface area (Å²) in [5.41, 5.74) is 0.184. The molecule has 78 valence electrons. The summed E-state index contributed by atoms with van der Waals surface area (Å²) in [5.74, 6) is 0. The minimum absolute atomic E-state index is 0.184. The van der Waals surface area contributed by atoms with Gasteiger partial charge in [0, 0.05) is 24.7 Å². The molecule has 0 spiro atoms. The highest BCUT2D eigenvalue weighted by Gasteiger charge is 2.30. The summed E-state index contributed by atoms with van der Waals surface area (Å²) in [6.45, 7) is 9.44. The predicted molar refractivity (Wildman–Crippen MR) is 52.8 cm³/mol. The molecule has 0 aliphatic carbocycles. The van der Waals surface area contributed by atoms with Gasteiger partial charge in [0.2, 0.25) is 0 Å². The van der Waals surface area contributed by atoms with Crippen LogP contribution in [0.25, 0.3) is 0 Å². The van der Waals surface area contributed by atoms with E-state index in [0.717, 1.165) is 26.2 Å². The van der Waals surface area contributed by atoms with Crippen molar-refractivity contribution in [2.45, 2.75) is 38.8 Å². The van der Waals surface area contributed by atoms with Gasteiger partial charge in [-0.15, -0.1) is 0 Å². The predicted octanol–water partition coefficient (Wildman–Crippen LogP) is 0.868. The van der Waals surface area contributed by atoms with Gasteiger partial charge in [0.05, 0.1) is 13.2 Å². The van der Waals surface area contributed by atoms with Gasteiger partial charge < -0.3 is 9.84 Å². The molecular formula is C10H21NO2. The quantitative estimate of drug-likeness (QED) is 0.696. The van der Waals surface area contributed by atoms with Crippen LogP contribution in [0.1, 0.15) is 27.2 Å². The molecule has 3 heteroatoms. The van der Waals surface area contributed by atoms with Crippen molar-refractivity contribution in [2.75, 3.05) is 26.4 Å². The van der Waals surface area contributed by atoms with Crippen LogP contribution in [0.2, 0.25) is 0 Å². The second kappa shape index (κ2) is 4.40. The van der Waals surface area contributed by atoms with Gasteiger partial charge >= 0.3 is 0 Å². The second-order valence-electron chi connectivity index (χ2n) is 4.61. The van der Waals surface area contributed by atoms with E-state index >= 15 is 0 Å². The maximum absolute atomic E-state index is 8.92. The Kier molecular flexibility index (Phi) is 3.71.